The Kier molecular flexibility index (Phi) is 4.01. The molecule has 2 saturated carbocycles. The zero-order valence-corrected chi connectivity index (χ0v) is 12.0. The Balaban J connectivity index is 1.54. The topological polar surface area (TPSA) is 12.0 Å². The second kappa shape index (κ2) is 5.52. The lowest BCUT2D eigenvalue weighted by molar-refractivity contribution is 0.276. The molecule has 98 valence electrons. The van der Waals surface area contributed by atoms with Crippen LogP contribution in [0.25, 0.3) is 0 Å². The number of fused-ring (bicyclic) bond motifs is 2. The molecule has 0 spiro atoms. The average Bonchev–Trinajstić information content (AvgIpc) is 2.99. The van der Waals surface area contributed by atoms with Crippen LogP contribution in [0.4, 0.5) is 0 Å². The van der Waals surface area contributed by atoms with Crippen LogP contribution in [0, 0.1) is 17.8 Å². The molecule has 1 nitrogen and oxygen atoms in total. The summed E-state index contributed by atoms with van der Waals surface area (Å²) in [6, 6.07) is 0.796. The molecule has 0 aromatic carbocycles. The third-order valence-electron chi connectivity index (χ3n) is 5.48. The van der Waals surface area contributed by atoms with Crippen molar-refractivity contribution in [3.8, 4) is 0 Å². The molecule has 2 aliphatic carbocycles. The van der Waals surface area contributed by atoms with Crippen LogP contribution in [0.15, 0.2) is 0 Å². The zero-order chi connectivity index (χ0) is 11.7. The molecule has 0 aromatic heterocycles. The van der Waals surface area contributed by atoms with Crippen LogP contribution in [0.1, 0.15) is 51.4 Å². The van der Waals surface area contributed by atoms with Gasteiger partial charge in [0.15, 0.2) is 0 Å². The number of rotatable bonds is 4. The van der Waals surface area contributed by atoms with Gasteiger partial charge < -0.3 is 5.32 Å². The van der Waals surface area contributed by atoms with Crippen LogP contribution in [0.5, 0.6) is 0 Å². The molecule has 1 saturated heterocycles. The van der Waals surface area contributed by atoms with E-state index >= 15 is 0 Å². The van der Waals surface area contributed by atoms with E-state index in [1.807, 2.05) is 0 Å². The Morgan fingerprint density at radius 1 is 1.18 bits per heavy atom. The predicted octanol–water partition coefficient (Wildman–Crippen LogP) is 3.69. The van der Waals surface area contributed by atoms with E-state index in [4.69, 9.17) is 0 Å². The maximum atomic E-state index is 3.64. The molecule has 0 radical (unpaired) electrons. The van der Waals surface area contributed by atoms with Gasteiger partial charge in [-0.15, -0.1) is 0 Å². The second-order valence-corrected chi connectivity index (χ2v) is 7.82. The van der Waals surface area contributed by atoms with Crippen LogP contribution in [0.3, 0.4) is 0 Å². The van der Waals surface area contributed by atoms with Gasteiger partial charge in [0.1, 0.15) is 0 Å². The highest BCUT2D eigenvalue weighted by Crippen LogP contribution is 2.50. The summed E-state index contributed by atoms with van der Waals surface area (Å²) in [5.74, 6) is 4.68. The van der Waals surface area contributed by atoms with Crippen LogP contribution < -0.4 is 5.32 Å². The average molecular weight is 253 g/mol. The van der Waals surface area contributed by atoms with Crippen molar-refractivity contribution in [3.05, 3.63) is 0 Å². The van der Waals surface area contributed by atoms with E-state index in [9.17, 15) is 0 Å². The summed E-state index contributed by atoms with van der Waals surface area (Å²) in [6.07, 6.45) is 12.1. The summed E-state index contributed by atoms with van der Waals surface area (Å²) in [5.41, 5.74) is 0. The third kappa shape index (κ3) is 2.68. The van der Waals surface area contributed by atoms with Gasteiger partial charge in [-0.05, 0) is 69.1 Å². The molecule has 1 heterocycles. The van der Waals surface area contributed by atoms with Crippen LogP contribution in [-0.2, 0) is 0 Å². The van der Waals surface area contributed by atoms with Crippen LogP contribution >= 0.6 is 11.8 Å². The molecular formula is C15H27NS. The molecule has 3 fully saturated rings. The minimum absolute atomic E-state index is 0.796. The van der Waals surface area contributed by atoms with Crippen molar-refractivity contribution in [2.45, 2.75) is 62.7 Å². The smallest absolute Gasteiger partial charge is 0.0201 e. The molecule has 3 aliphatic rings. The quantitative estimate of drug-likeness (QED) is 0.820. The number of nitrogens with one attached hydrogen (secondary N) is 1. The largest absolute Gasteiger partial charge is 0.316 e. The SMILES string of the molecule is CNC(CC1CC2CCC1C2)C1CCCCS1. The van der Waals surface area contributed by atoms with Gasteiger partial charge in [-0.25, -0.2) is 0 Å². The summed E-state index contributed by atoms with van der Waals surface area (Å²) >= 11 is 2.24. The van der Waals surface area contributed by atoms with E-state index in [1.165, 1.54) is 31.4 Å². The predicted molar refractivity (Wildman–Crippen MR) is 76.5 cm³/mol. The molecule has 2 bridgehead atoms. The second-order valence-electron chi connectivity index (χ2n) is 6.47. The molecule has 1 N–H and O–H groups in total. The summed E-state index contributed by atoms with van der Waals surface area (Å²) in [7, 11) is 2.19. The number of hydrogen-bond acceptors (Lipinski definition) is 2. The van der Waals surface area contributed by atoms with Crippen LogP contribution in [-0.4, -0.2) is 24.1 Å². The standard InChI is InChI=1S/C15H27NS/c1-16-14(15-4-2-3-7-17-15)10-13-9-11-5-6-12(13)8-11/h11-16H,2-10H2,1H3. The van der Waals surface area contributed by atoms with Gasteiger partial charge in [-0.1, -0.05) is 12.8 Å². The molecular weight excluding hydrogens is 226 g/mol. The molecule has 5 unspecified atom stereocenters. The first-order valence-corrected chi connectivity index (χ1v) is 8.70. The van der Waals surface area contributed by atoms with Crippen molar-refractivity contribution in [1.82, 2.24) is 5.32 Å². The summed E-state index contributed by atoms with van der Waals surface area (Å²) in [6.45, 7) is 0. The molecule has 0 amide bonds. The normalized spacial score (nSPS) is 42.9. The minimum atomic E-state index is 0.796. The maximum absolute atomic E-state index is 3.64. The van der Waals surface area contributed by atoms with Crippen molar-refractivity contribution in [3.63, 3.8) is 0 Å². The van der Waals surface area contributed by atoms with Gasteiger partial charge in [0.2, 0.25) is 0 Å². The van der Waals surface area contributed by atoms with E-state index in [2.05, 4.69) is 24.1 Å². The molecule has 0 aromatic rings. The Morgan fingerprint density at radius 3 is 2.71 bits per heavy atom. The molecule has 17 heavy (non-hydrogen) atoms. The first kappa shape index (κ1) is 12.3. The Labute approximate surface area is 111 Å². The monoisotopic (exact) mass is 253 g/mol. The molecule has 1 aliphatic heterocycles. The van der Waals surface area contributed by atoms with Crippen molar-refractivity contribution >= 4 is 11.8 Å². The fourth-order valence-electron chi connectivity index (χ4n) is 4.53. The van der Waals surface area contributed by atoms with Crippen molar-refractivity contribution in [1.29, 1.82) is 0 Å². The van der Waals surface area contributed by atoms with Gasteiger partial charge in [-0.3, -0.25) is 0 Å². The maximum Gasteiger partial charge on any atom is 0.0201 e. The van der Waals surface area contributed by atoms with Gasteiger partial charge in [0.05, 0.1) is 0 Å². The fourth-order valence-corrected chi connectivity index (χ4v) is 6.02. The zero-order valence-electron chi connectivity index (χ0n) is 11.2. The lowest BCUT2D eigenvalue weighted by Crippen LogP contribution is -2.39. The van der Waals surface area contributed by atoms with Gasteiger partial charge in [0, 0.05) is 11.3 Å². The lowest BCUT2D eigenvalue weighted by Gasteiger charge is -2.33. The van der Waals surface area contributed by atoms with E-state index in [0.29, 0.717) is 0 Å². The lowest BCUT2D eigenvalue weighted by atomic mass is 9.83. The summed E-state index contributed by atoms with van der Waals surface area (Å²) in [5, 5.41) is 4.55. The third-order valence-corrected chi connectivity index (χ3v) is 6.99. The first-order valence-electron chi connectivity index (χ1n) is 7.65. The fraction of sp³-hybridized carbons (Fsp3) is 1.00. The van der Waals surface area contributed by atoms with Gasteiger partial charge >= 0.3 is 0 Å². The summed E-state index contributed by atoms with van der Waals surface area (Å²) in [4.78, 5) is 0. The molecule has 3 rings (SSSR count). The summed E-state index contributed by atoms with van der Waals surface area (Å²) < 4.78 is 0. The molecule has 5 atom stereocenters. The van der Waals surface area contributed by atoms with Crippen LogP contribution in [0.2, 0.25) is 0 Å². The van der Waals surface area contributed by atoms with E-state index in [0.717, 1.165) is 29.0 Å². The Hall–Kier alpha value is 0.310. The van der Waals surface area contributed by atoms with Crippen molar-refractivity contribution < 1.29 is 0 Å². The van der Waals surface area contributed by atoms with E-state index in [1.54, 1.807) is 25.7 Å². The Morgan fingerprint density at radius 2 is 2.12 bits per heavy atom. The highest BCUT2D eigenvalue weighted by Gasteiger charge is 2.40. The van der Waals surface area contributed by atoms with Crippen molar-refractivity contribution in [2.75, 3.05) is 12.8 Å². The Bertz CT molecular complexity index is 249. The highest BCUT2D eigenvalue weighted by molar-refractivity contribution is 8.00. The minimum Gasteiger partial charge on any atom is -0.316 e. The molecule has 2 heteroatoms. The highest BCUT2D eigenvalue weighted by atomic mass is 32.2. The van der Waals surface area contributed by atoms with E-state index < -0.39 is 0 Å². The van der Waals surface area contributed by atoms with Gasteiger partial charge in [-0.2, -0.15) is 11.8 Å². The van der Waals surface area contributed by atoms with E-state index in [-0.39, 0.29) is 0 Å². The number of hydrogen-bond donors (Lipinski definition) is 1. The first-order chi connectivity index (χ1) is 8.36. The number of thioether (sulfide) groups is 1. The van der Waals surface area contributed by atoms with Gasteiger partial charge in [0.25, 0.3) is 0 Å². The van der Waals surface area contributed by atoms with Crippen molar-refractivity contribution in [2.24, 2.45) is 17.8 Å².